The minimum atomic E-state index is -0.672. The Balaban J connectivity index is 1.43. The lowest BCUT2D eigenvalue weighted by Gasteiger charge is -2.26. The van der Waals surface area contributed by atoms with Crippen LogP contribution in [0.25, 0.3) is 11.1 Å². The van der Waals surface area contributed by atoms with Gasteiger partial charge in [-0.15, -0.1) is 0 Å². The van der Waals surface area contributed by atoms with Crippen LogP contribution in [-0.2, 0) is 9.53 Å². The van der Waals surface area contributed by atoms with Crippen molar-refractivity contribution < 1.29 is 27.8 Å². The van der Waals surface area contributed by atoms with E-state index in [0.717, 1.165) is 6.07 Å². The van der Waals surface area contributed by atoms with E-state index in [9.17, 15) is 18.4 Å². The van der Waals surface area contributed by atoms with Crippen molar-refractivity contribution in [1.82, 2.24) is 4.90 Å². The Morgan fingerprint density at radius 1 is 0.914 bits per heavy atom. The SMILES string of the molecule is COc1ccc(NC(=O)c2ccc(-c3cc(F)cc(F)c3)cc2)cc1NC(=O)CN1CCOCC1. The van der Waals surface area contributed by atoms with E-state index in [1.807, 2.05) is 4.90 Å². The lowest BCUT2D eigenvalue weighted by molar-refractivity contribution is -0.118. The molecule has 3 aromatic rings. The van der Waals surface area contributed by atoms with E-state index in [1.165, 1.54) is 19.2 Å². The Hall–Kier alpha value is -3.82. The second-order valence-corrected chi connectivity index (χ2v) is 8.04. The zero-order chi connectivity index (χ0) is 24.8. The summed E-state index contributed by atoms with van der Waals surface area (Å²) in [4.78, 5) is 27.3. The third kappa shape index (κ3) is 6.40. The fourth-order valence-corrected chi connectivity index (χ4v) is 3.77. The van der Waals surface area contributed by atoms with E-state index in [4.69, 9.17) is 9.47 Å². The summed E-state index contributed by atoms with van der Waals surface area (Å²) in [7, 11) is 1.50. The number of hydrogen-bond donors (Lipinski definition) is 2. The van der Waals surface area contributed by atoms with Crippen molar-refractivity contribution in [2.45, 2.75) is 0 Å². The van der Waals surface area contributed by atoms with Crippen molar-refractivity contribution >= 4 is 23.2 Å². The zero-order valence-corrected chi connectivity index (χ0v) is 19.1. The summed E-state index contributed by atoms with van der Waals surface area (Å²) in [6.07, 6.45) is 0. The Morgan fingerprint density at radius 2 is 1.60 bits per heavy atom. The van der Waals surface area contributed by atoms with Crippen LogP contribution in [0.5, 0.6) is 5.75 Å². The van der Waals surface area contributed by atoms with Crippen molar-refractivity contribution in [3.8, 4) is 16.9 Å². The number of nitrogens with zero attached hydrogens (tertiary/aromatic N) is 1. The molecule has 0 radical (unpaired) electrons. The molecule has 2 amide bonds. The molecule has 1 heterocycles. The van der Waals surface area contributed by atoms with Crippen LogP contribution in [-0.4, -0.2) is 56.7 Å². The third-order valence-corrected chi connectivity index (χ3v) is 5.55. The molecule has 2 N–H and O–H groups in total. The maximum Gasteiger partial charge on any atom is 0.255 e. The molecule has 0 aliphatic carbocycles. The highest BCUT2D eigenvalue weighted by Crippen LogP contribution is 2.28. The molecule has 0 bridgehead atoms. The van der Waals surface area contributed by atoms with Crippen molar-refractivity contribution in [2.24, 2.45) is 0 Å². The van der Waals surface area contributed by atoms with Crippen LogP contribution < -0.4 is 15.4 Å². The number of carbonyl (C=O) groups is 2. The lowest BCUT2D eigenvalue weighted by Crippen LogP contribution is -2.41. The van der Waals surface area contributed by atoms with E-state index in [-0.39, 0.29) is 18.4 Å². The van der Waals surface area contributed by atoms with Crippen molar-refractivity contribution in [3.63, 3.8) is 0 Å². The molecule has 1 saturated heterocycles. The van der Waals surface area contributed by atoms with Gasteiger partial charge in [0.1, 0.15) is 17.4 Å². The average Bonchev–Trinajstić information content (AvgIpc) is 2.84. The van der Waals surface area contributed by atoms with Gasteiger partial charge in [0.2, 0.25) is 5.91 Å². The Bertz CT molecular complexity index is 1190. The molecule has 1 aliphatic rings. The minimum Gasteiger partial charge on any atom is -0.495 e. The molecule has 1 aliphatic heterocycles. The first-order valence-electron chi connectivity index (χ1n) is 11.1. The van der Waals surface area contributed by atoms with Gasteiger partial charge in [-0.3, -0.25) is 14.5 Å². The van der Waals surface area contributed by atoms with Gasteiger partial charge < -0.3 is 20.1 Å². The van der Waals surface area contributed by atoms with E-state index < -0.39 is 11.6 Å². The molecule has 0 unspecified atom stereocenters. The van der Waals surface area contributed by atoms with Gasteiger partial charge in [0, 0.05) is 30.4 Å². The molecule has 1 fully saturated rings. The molecule has 3 aromatic carbocycles. The first-order chi connectivity index (χ1) is 16.9. The highest BCUT2D eigenvalue weighted by atomic mass is 19.1. The smallest absolute Gasteiger partial charge is 0.255 e. The molecule has 7 nitrogen and oxygen atoms in total. The number of hydrogen-bond acceptors (Lipinski definition) is 5. The molecule has 4 rings (SSSR count). The largest absolute Gasteiger partial charge is 0.495 e. The molecule has 35 heavy (non-hydrogen) atoms. The zero-order valence-electron chi connectivity index (χ0n) is 19.1. The summed E-state index contributed by atoms with van der Waals surface area (Å²) in [5.41, 5.74) is 2.22. The average molecular weight is 481 g/mol. The number of ether oxygens (including phenoxy) is 2. The normalized spacial score (nSPS) is 13.8. The van der Waals surface area contributed by atoms with Crippen LogP contribution >= 0.6 is 0 Å². The second kappa shape index (κ2) is 11.1. The van der Waals surface area contributed by atoms with Gasteiger partial charge in [-0.25, -0.2) is 8.78 Å². The van der Waals surface area contributed by atoms with Gasteiger partial charge in [-0.1, -0.05) is 12.1 Å². The maximum absolute atomic E-state index is 13.5. The summed E-state index contributed by atoms with van der Waals surface area (Å²) in [5, 5.41) is 5.63. The van der Waals surface area contributed by atoms with Crippen LogP contribution in [0.2, 0.25) is 0 Å². The number of methoxy groups -OCH3 is 1. The van der Waals surface area contributed by atoms with Gasteiger partial charge >= 0.3 is 0 Å². The molecule has 0 aromatic heterocycles. The number of anilines is 2. The van der Waals surface area contributed by atoms with Crippen molar-refractivity contribution in [2.75, 3.05) is 50.6 Å². The fourth-order valence-electron chi connectivity index (χ4n) is 3.77. The highest BCUT2D eigenvalue weighted by molar-refractivity contribution is 6.05. The van der Waals surface area contributed by atoms with Gasteiger partial charge in [-0.2, -0.15) is 0 Å². The van der Waals surface area contributed by atoms with Crippen LogP contribution in [0, 0.1) is 11.6 Å². The first kappa shape index (κ1) is 24.3. The highest BCUT2D eigenvalue weighted by Gasteiger charge is 2.16. The quantitative estimate of drug-likeness (QED) is 0.530. The van der Waals surface area contributed by atoms with E-state index in [1.54, 1.807) is 42.5 Å². The molecular formula is C26H25F2N3O4. The Morgan fingerprint density at radius 3 is 2.26 bits per heavy atom. The third-order valence-electron chi connectivity index (χ3n) is 5.55. The molecule has 0 saturated carbocycles. The lowest BCUT2D eigenvalue weighted by atomic mass is 10.0. The standard InChI is InChI=1S/C26H25F2N3O4/c1-34-24-7-6-22(15-23(24)30-25(32)16-31-8-10-35-11-9-31)29-26(33)18-4-2-17(3-5-18)19-12-20(27)14-21(28)13-19/h2-7,12-15H,8-11,16H2,1H3,(H,29,33)(H,30,32). The topological polar surface area (TPSA) is 79.9 Å². The molecule has 0 spiro atoms. The number of nitrogens with one attached hydrogen (secondary N) is 2. The maximum atomic E-state index is 13.5. The molecule has 182 valence electrons. The monoisotopic (exact) mass is 481 g/mol. The Labute approximate surface area is 201 Å². The second-order valence-electron chi connectivity index (χ2n) is 8.04. The van der Waals surface area contributed by atoms with Crippen molar-refractivity contribution in [1.29, 1.82) is 0 Å². The van der Waals surface area contributed by atoms with Crippen LogP contribution in [0.1, 0.15) is 10.4 Å². The number of morpholine rings is 1. The van der Waals surface area contributed by atoms with E-state index in [2.05, 4.69) is 10.6 Å². The number of amides is 2. The fraction of sp³-hybridized carbons (Fsp3) is 0.231. The Kier molecular flexibility index (Phi) is 7.69. The minimum absolute atomic E-state index is 0.196. The van der Waals surface area contributed by atoms with Gasteiger partial charge in [-0.05, 0) is 53.6 Å². The predicted octanol–water partition coefficient (Wildman–Crippen LogP) is 4.16. The number of halogens is 2. The summed E-state index contributed by atoms with van der Waals surface area (Å²) >= 11 is 0. The summed E-state index contributed by atoms with van der Waals surface area (Å²) in [5.74, 6) is -1.45. The van der Waals surface area contributed by atoms with E-state index >= 15 is 0 Å². The van der Waals surface area contributed by atoms with Gasteiger partial charge in [0.25, 0.3) is 5.91 Å². The van der Waals surface area contributed by atoms with Gasteiger partial charge in [0.15, 0.2) is 0 Å². The van der Waals surface area contributed by atoms with Crippen LogP contribution in [0.3, 0.4) is 0 Å². The van der Waals surface area contributed by atoms with Gasteiger partial charge in [0.05, 0.1) is 32.6 Å². The van der Waals surface area contributed by atoms with Crippen molar-refractivity contribution in [3.05, 3.63) is 77.9 Å². The molecule has 0 atom stereocenters. The predicted molar refractivity (Wildman–Crippen MR) is 129 cm³/mol. The summed E-state index contributed by atoms with van der Waals surface area (Å²) in [6.45, 7) is 2.79. The molecular weight excluding hydrogens is 456 g/mol. The van der Waals surface area contributed by atoms with Crippen LogP contribution in [0.4, 0.5) is 20.2 Å². The first-order valence-corrected chi connectivity index (χ1v) is 11.1. The summed E-state index contributed by atoms with van der Waals surface area (Å²) < 4.78 is 37.6. The molecule has 9 heteroatoms. The number of rotatable bonds is 7. The number of benzene rings is 3. The van der Waals surface area contributed by atoms with E-state index in [0.29, 0.717) is 60.1 Å². The number of carbonyl (C=O) groups excluding carboxylic acids is 2. The summed E-state index contributed by atoms with van der Waals surface area (Å²) in [6, 6.07) is 14.6. The van der Waals surface area contributed by atoms with Crippen LogP contribution in [0.15, 0.2) is 60.7 Å².